The van der Waals surface area contributed by atoms with Gasteiger partial charge >= 0.3 is 6.18 Å². The van der Waals surface area contributed by atoms with E-state index in [4.69, 9.17) is 0 Å². The Morgan fingerprint density at radius 1 is 1.07 bits per heavy atom. The maximum atomic E-state index is 12.6. The third-order valence-corrected chi connectivity index (χ3v) is 5.00. The third-order valence-electron chi connectivity index (χ3n) is 5.00. The number of carbonyl (C=O) groups is 1. The summed E-state index contributed by atoms with van der Waals surface area (Å²) in [6, 6.07) is 5.35. The summed E-state index contributed by atoms with van der Waals surface area (Å²) in [5, 5.41) is 3.23. The first-order valence-electron chi connectivity index (χ1n) is 8.81. The number of halogens is 5. The minimum absolute atomic E-state index is 0. The second kappa shape index (κ2) is 10.5. The fourth-order valence-electron chi connectivity index (χ4n) is 3.53. The van der Waals surface area contributed by atoms with Crippen molar-refractivity contribution in [3.63, 3.8) is 0 Å². The SMILES string of the molecule is Cl.Cl.O=C(C1CCNC1)N1CCCN(Cc2ccc(C(F)(F)F)cc2)CC1. The van der Waals surface area contributed by atoms with E-state index in [-0.39, 0.29) is 36.6 Å². The number of hydrogen-bond acceptors (Lipinski definition) is 3. The summed E-state index contributed by atoms with van der Waals surface area (Å²) in [4.78, 5) is 16.7. The molecule has 0 spiro atoms. The van der Waals surface area contributed by atoms with Crippen LogP contribution < -0.4 is 5.32 Å². The number of nitrogens with zero attached hydrogens (tertiary/aromatic N) is 2. The molecule has 27 heavy (non-hydrogen) atoms. The van der Waals surface area contributed by atoms with Crippen LogP contribution in [0.2, 0.25) is 0 Å². The zero-order valence-corrected chi connectivity index (χ0v) is 16.6. The van der Waals surface area contributed by atoms with Crippen LogP contribution in [0.15, 0.2) is 24.3 Å². The maximum Gasteiger partial charge on any atom is 0.416 e. The van der Waals surface area contributed by atoms with Crippen LogP contribution in [-0.4, -0.2) is 55.0 Å². The first-order valence-corrected chi connectivity index (χ1v) is 8.81. The average molecular weight is 428 g/mol. The first kappa shape index (κ1) is 24.0. The van der Waals surface area contributed by atoms with Gasteiger partial charge in [0.25, 0.3) is 0 Å². The van der Waals surface area contributed by atoms with Gasteiger partial charge in [0.2, 0.25) is 5.91 Å². The van der Waals surface area contributed by atoms with Gasteiger partial charge < -0.3 is 10.2 Å². The lowest BCUT2D eigenvalue weighted by Gasteiger charge is -2.24. The molecule has 1 aromatic carbocycles. The minimum Gasteiger partial charge on any atom is -0.341 e. The molecule has 1 N–H and O–H groups in total. The van der Waals surface area contributed by atoms with E-state index >= 15 is 0 Å². The van der Waals surface area contributed by atoms with E-state index in [1.165, 1.54) is 0 Å². The Kier molecular flexibility index (Phi) is 9.34. The van der Waals surface area contributed by atoms with Gasteiger partial charge in [-0.25, -0.2) is 0 Å². The lowest BCUT2D eigenvalue weighted by molar-refractivity contribution is -0.137. The molecule has 0 saturated carbocycles. The van der Waals surface area contributed by atoms with Crippen LogP contribution >= 0.6 is 24.8 Å². The van der Waals surface area contributed by atoms with Crippen molar-refractivity contribution in [1.29, 1.82) is 0 Å². The van der Waals surface area contributed by atoms with Crippen LogP contribution in [0, 0.1) is 5.92 Å². The van der Waals surface area contributed by atoms with E-state index in [9.17, 15) is 18.0 Å². The van der Waals surface area contributed by atoms with Crippen LogP contribution in [0.4, 0.5) is 13.2 Å². The number of carbonyl (C=O) groups excluding carboxylic acids is 1. The highest BCUT2D eigenvalue weighted by molar-refractivity contribution is 5.85. The van der Waals surface area contributed by atoms with Crippen LogP contribution in [0.1, 0.15) is 24.0 Å². The van der Waals surface area contributed by atoms with Gasteiger partial charge in [-0.05, 0) is 37.1 Å². The highest BCUT2D eigenvalue weighted by atomic mass is 35.5. The second-order valence-electron chi connectivity index (χ2n) is 6.84. The molecule has 0 bridgehead atoms. The summed E-state index contributed by atoms with van der Waals surface area (Å²) in [7, 11) is 0. The molecular weight excluding hydrogens is 402 g/mol. The number of nitrogens with one attached hydrogen (secondary N) is 1. The third kappa shape index (κ3) is 6.52. The van der Waals surface area contributed by atoms with E-state index < -0.39 is 11.7 Å². The standard InChI is InChI=1S/C18H24F3N3O.2ClH/c19-18(20,21)16-4-2-14(3-5-16)13-23-8-1-9-24(11-10-23)17(25)15-6-7-22-12-15;;/h2-5,15,22H,1,6-13H2;2*1H. The van der Waals surface area contributed by atoms with Crippen molar-refractivity contribution in [2.75, 3.05) is 39.3 Å². The van der Waals surface area contributed by atoms with Crippen LogP contribution in [0.3, 0.4) is 0 Å². The molecule has 1 atom stereocenters. The highest BCUT2D eigenvalue weighted by Gasteiger charge is 2.30. The summed E-state index contributed by atoms with van der Waals surface area (Å²) >= 11 is 0. The molecule has 1 amide bonds. The molecule has 2 aliphatic rings. The van der Waals surface area contributed by atoms with E-state index in [0.29, 0.717) is 13.1 Å². The molecule has 4 nitrogen and oxygen atoms in total. The largest absolute Gasteiger partial charge is 0.416 e. The van der Waals surface area contributed by atoms with Crippen molar-refractivity contribution in [2.45, 2.75) is 25.6 Å². The van der Waals surface area contributed by atoms with Crippen LogP contribution in [0.5, 0.6) is 0 Å². The molecule has 1 unspecified atom stereocenters. The topological polar surface area (TPSA) is 35.6 Å². The average Bonchev–Trinajstić information content (AvgIpc) is 3.01. The van der Waals surface area contributed by atoms with Gasteiger partial charge in [-0.1, -0.05) is 12.1 Å². The van der Waals surface area contributed by atoms with E-state index in [1.54, 1.807) is 12.1 Å². The molecule has 9 heteroatoms. The van der Waals surface area contributed by atoms with Crippen molar-refractivity contribution in [3.05, 3.63) is 35.4 Å². The van der Waals surface area contributed by atoms with Gasteiger partial charge in [-0.2, -0.15) is 13.2 Å². The van der Waals surface area contributed by atoms with Gasteiger partial charge in [0.15, 0.2) is 0 Å². The lowest BCUT2D eigenvalue weighted by Crippen LogP contribution is -2.39. The monoisotopic (exact) mass is 427 g/mol. The zero-order chi connectivity index (χ0) is 17.9. The van der Waals surface area contributed by atoms with E-state index in [2.05, 4.69) is 10.2 Å². The minimum atomic E-state index is -4.29. The summed E-state index contributed by atoms with van der Waals surface area (Å²) in [6.07, 6.45) is -2.49. The van der Waals surface area contributed by atoms with Gasteiger partial charge in [0.1, 0.15) is 0 Å². The Bertz CT molecular complexity index is 593. The summed E-state index contributed by atoms with van der Waals surface area (Å²) in [6.45, 7) is 5.36. The molecule has 2 saturated heterocycles. The first-order chi connectivity index (χ1) is 11.9. The number of rotatable bonds is 3. The predicted octanol–water partition coefficient (Wildman–Crippen LogP) is 3.19. The van der Waals surface area contributed by atoms with Crippen molar-refractivity contribution in [2.24, 2.45) is 5.92 Å². The number of amides is 1. The van der Waals surface area contributed by atoms with Crippen molar-refractivity contribution in [3.8, 4) is 0 Å². The molecule has 0 radical (unpaired) electrons. The molecule has 0 aromatic heterocycles. The molecular formula is C18H26Cl2F3N3O. The highest BCUT2D eigenvalue weighted by Crippen LogP contribution is 2.29. The van der Waals surface area contributed by atoms with Gasteiger partial charge in [-0.3, -0.25) is 9.69 Å². The van der Waals surface area contributed by atoms with Gasteiger partial charge in [0.05, 0.1) is 11.5 Å². The molecule has 2 fully saturated rings. The van der Waals surface area contributed by atoms with Crippen molar-refractivity contribution in [1.82, 2.24) is 15.1 Å². The predicted molar refractivity (Wildman–Crippen MR) is 103 cm³/mol. The quantitative estimate of drug-likeness (QED) is 0.804. The van der Waals surface area contributed by atoms with E-state index in [0.717, 1.165) is 63.3 Å². The normalized spacial score (nSPS) is 21.1. The summed E-state index contributed by atoms with van der Waals surface area (Å²) in [5.41, 5.74) is 0.252. The Hall–Kier alpha value is -1.02. The summed E-state index contributed by atoms with van der Waals surface area (Å²) < 4.78 is 37.9. The number of alkyl halides is 3. The summed E-state index contributed by atoms with van der Waals surface area (Å²) in [5.74, 6) is 0.336. The van der Waals surface area contributed by atoms with Gasteiger partial charge in [0, 0.05) is 39.3 Å². The maximum absolute atomic E-state index is 12.6. The van der Waals surface area contributed by atoms with E-state index in [1.807, 2.05) is 4.90 Å². The molecule has 1 aromatic rings. The number of hydrogen-bond donors (Lipinski definition) is 1. The second-order valence-corrected chi connectivity index (χ2v) is 6.84. The Balaban J connectivity index is 0.00000182. The van der Waals surface area contributed by atoms with Gasteiger partial charge in [-0.15, -0.1) is 24.8 Å². The molecule has 2 heterocycles. The van der Waals surface area contributed by atoms with Crippen LogP contribution in [-0.2, 0) is 17.5 Å². The molecule has 2 aliphatic heterocycles. The van der Waals surface area contributed by atoms with Crippen molar-refractivity contribution >= 4 is 30.7 Å². The Labute approximate surface area is 170 Å². The lowest BCUT2D eigenvalue weighted by atomic mass is 10.1. The fourth-order valence-corrected chi connectivity index (χ4v) is 3.53. The Morgan fingerprint density at radius 3 is 2.37 bits per heavy atom. The molecule has 154 valence electrons. The zero-order valence-electron chi connectivity index (χ0n) is 15.0. The van der Waals surface area contributed by atoms with Crippen molar-refractivity contribution < 1.29 is 18.0 Å². The Morgan fingerprint density at radius 2 is 1.78 bits per heavy atom. The fraction of sp³-hybridized carbons (Fsp3) is 0.611. The molecule has 3 rings (SSSR count). The van der Waals surface area contributed by atoms with Crippen LogP contribution in [0.25, 0.3) is 0 Å². The number of benzene rings is 1. The smallest absolute Gasteiger partial charge is 0.341 e. The molecule has 0 aliphatic carbocycles.